The average molecular weight is 431 g/mol. The molecule has 8 heteroatoms. The van der Waals surface area contributed by atoms with Gasteiger partial charge in [-0.2, -0.15) is 0 Å². The van der Waals surface area contributed by atoms with Crippen LogP contribution in [0.1, 0.15) is 33.3 Å². The minimum atomic E-state index is -0.567. The van der Waals surface area contributed by atoms with E-state index in [1.165, 1.54) is 11.8 Å². The molecule has 2 heterocycles. The summed E-state index contributed by atoms with van der Waals surface area (Å²) in [7, 11) is 0. The van der Waals surface area contributed by atoms with Gasteiger partial charge in [-0.05, 0) is 57.9 Å². The summed E-state index contributed by atoms with van der Waals surface area (Å²) in [5.74, 6) is 0. The van der Waals surface area contributed by atoms with Crippen molar-refractivity contribution in [3.05, 3.63) is 41.1 Å². The van der Waals surface area contributed by atoms with Crippen molar-refractivity contribution in [2.45, 2.75) is 58.6 Å². The van der Waals surface area contributed by atoms with E-state index in [0.717, 1.165) is 17.0 Å². The zero-order valence-corrected chi connectivity index (χ0v) is 19.0. The van der Waals surface area contributed by atoms with Crippen molar-refractivity contribution in [3.63, 3.8) is 0 Å². The van der Waals surface area contributed by atoms with Crippen LogP contribution in [0.5, 0.6) is 0 Å². The fourth-order valence-electron chi connectivity index (χ4n) is 3.84. The first-order chi connectivity index (χ1) is 14.6. The van der Waals surface area contributed by atoms with Crippen LogP contribution in [-0.2, 0) is 9.47 Å². The van der Waals surface area contributed by atoms with Crippen LogP contribution >= 0.6 is 0 Å². The van der Waals surface area contributed by atoms with E-state index in [1.54, 1.807) is 4.90 Å². The van der Waals surface area contributed by atoms with Crippen LogP contribution in [0.25, 0.3) is 0 Å². The molecule has 2 aliphatic heterocycles. The molecule has 3 rings (SSSR count). The highest BCUT2D eigenvalue weighted by Gasteiger charge is 2.43. The van der Waals surface area contributed by atoms with Crippen LogP contribution in [0.3, 0.4) is 0 Å². The summed E-state index contributed by atoms with van der Waals surface area (Å²) in [5, 5.41) is 21.3. The van der Waals surface area contributed by atoms with E-state index in [-0.39, 0.29) is 31.1 Å². The second-order valence-electron chi connectivity index (χ2n) is 9.16. The largest absolute Gasteiger partial charge is 0.444 e. The highest BCUT2D eigenvalue weighted by molar-refractivity contribution is 5.77. The van der Waals surface area contributed by atoms with Gasteiger partial charge in [-0.25, -0.2) is 4.79 Å². The quantitative estimate of drug-likeness (QED) is 0.474. The summed E-state index contributed by atoms with van der Waals surface area (Å²) in [5.41, 5.74) is 3.26. The van der Waals surface area contributed by atoms with Crippen molar-refractivity contribution in [2.24, 2.45) is 0 Å². The van der Waals surface area contributed by atoms with E-state index in [0.29, 0.717) is 19.6 Å². The first kappa shape index (κ1) is 23.1. The standard InChI is InChI=1S/C23H34N4O4/c1-15-7-6-8-17(11-15)25-21-20(30-21)16(2)19(12-24)27-10-9-26(13-18(27)14-28)22(29)31-23(3,4)5/h6-8,11-12,18,20-21,24-25,28H,9-10,13-14H2,1-5H3/b19-16+,24-12?/t18?,20-,21?/m0/s1. The van der Waals surface area contributed by atoms with Gasteiger partial charge in [0.05, 0.1) is 18.3 Å². The number of anilines is 1. The van der Waals surface area contributed by atoms with Gasteiger partial charge in [0, 0.05) is 31.5 Å². The van der Waals surface area contributed by atoms with Crippen molar-refractivity contribution >= 4 is 18.0 Å². The normalized spacial score (nSPS) is 24.4. The molecule has 0 aromatic heterocycles. The average Bonchev–Trinajstić information content (AvgIpc) is 3.46. The maximum Gasteiger partial charge on any atom is 0.410 e. The Morgan fingerprint density at radius 3 is 2.74 bits per heavy atom. The Morgan fingerprint density at radius 1 is 1.39 bits per heavy atom. The van der Waals surface area contributed by atoms with Crippen molar-refractivity contribution < 1.29 is 19.4 Å². The number of ether oxygens (including phenoxy) is 2. The van der Waals surface area contributed by atoms with Gasteiger partial charge in [0.15, 0.2) is 6.23 Å². The summed E-state index contributed by atoms with van der Waals surface area (Å²) >= 11 is 0. The maximum atomic E-state index is 12.4. The molecule has 0 spiro atoms. The molecule has 8 nitrogen and oxygen atoms in total. The Balaban J connectivity index is 1.67. The van der Waals surface area contributed by atoms with E-state index < -0.39 is 5.60 Å². The third-order valence-corrected chi connectivity index (χ3v) is 5.44. The maximum absolute atomic E-state index is 12.4. The fourth-order valence-corrected chi connectivity index (χ4v) is 3.84. The number of aryl methyl sites for hydroxylation is 1. The smallest absolute Gasteiger partial charge is 0.410 e. The molecule has 3 N–H and O–H groups in total. The van der Waals surface area contributed by atoms with Gasteiger partial charge in [0.25, 0.3) is 0 Å². The molecular formula is C23H34N4O4. The number of carbonyl (C=O) groups excluding carboxylic acids is 1. The van der Waals surface area contributed by atoms with E-state index in [2.05, 4.69) is 11.4 Å². The Labute approximate surface area is 184 Å². The zero-order valence-electron chi connectivity index (χ0n) is 19.0. The lowest BCUT2D eigenvalue weighted by Gasteiger charge is -2.42. The molecular weight excluding hydrogens is 396 g/mol. The number of carbonyl (C=O) groups is 1. The van der Waals surface area contributed by atoms with E-state index in [4.69, 9.17) is 14.9 Å². The first-order valence-corrected chi connectivity index (χ1v) is 10.7. The highest BCUT2D eigenvalue weighted by Crippen LogP contribution is 2.33. The second-order valence-corrected chi connectivity index (χ2v) is 9.16. The second kappa shape index (κ2) is 9.28. The van der Waals surface area contributed by atoms with E-state index >= 15 is 0 Å². The molecule has 2 saturated heterocycles. The van der Waals surface area contributed by atoms with Crippen molar-refractivity contribution in [3.8, 4) is 0 Å². The summed E-state index contributed by atoms with van der Waals surface area (Å²) in [4.78, 5) is 16.0. The lowest BCUT2D eigenvalue weighted by molar-refractivity contribution is 0.00328. The van der Waals surface area contributed by atoms with Gasteiger partial charge in [0.2, 0.25) is 0 Å². The highest BCUT2D eigenvalue weighted by atomic mass is 16.6. The Morgan fingerprint density at radius 2 is 2.13 bits per heavy atom. The molecule has 1 aromatic rings. The zero-order chi connectivity index (χ0) is 22.8. The number of allylic oxidation sites excluding steroid dienone is 1. The number of hydrogen-bond donors (Lipinski definition) is 3. The SMILES string of the molecule is C/C(=C(/C=N)N1CCN(C(=O)OC(C)(C)C)CC1CO)[C@@H]1OC1Nc1cccc(C)c1. The lowest BCUT2D eigenvalue weighted by atomic mass is 10.1. The molecule has 0 radical (unpaired) electrons. The monoisotopic (exact) mass is 430 g/mol. The molecule has 2 aliphatic rings. The fraction of sp³-hybridized carbons (Fsp3) is 0.565. The van der Waals surface area contributed by atoms with Crippen LogP contribution in [0.2, 0.25) is 0 Å². The minimum Gasteiger partial charge on any atom is -0.444 e. The van der Waals surface area contributed by atoms with Crippen LogP contribution < -0.4 is 5.32 Å². The molecule has 1 aromatic carbocycles. The molecule has 3 atom stereocenters. The topological polar surface area (TPSA) is 101 Å². The van der Waals surface area contributed by atoms with Crippen LogP contribution in [0.15, 0.2) is 35.5 Å². The van der Waals surface area contributed by atoms with Crippen molar-refractivity contribution in [1.29, 1.82) is 5.41 Å². The Kier molecular flexibility index (Phi) is 6.91. The molecule has 31 heavy (non-hydrogen) atoms. The number of amides is 1. The van der Waals surface area contributed by atoms with Gasteiger partial charge < -0.3 is 35.1 Å². The lowest BCUT2D eigenvalue weighted by Crippen LogP contribution is -2.56. The number of rotatable bonds is 6. The van der Waals surface area contributed by atoms with Crippen molar-refractivity contribution in [2.75, 3.05) is 31.6 Å². The Bertz CT molecular complexity index is 848. The third kappa shape index (κ3) is 5.77. The molecule has 0 saturated carbocycles. The number of epoxide rings is 1. The number of benzene rings is 1. The molecule has 170 valence electrons. The predicted molar refractivity (Wildman–Crippen MR) is 120 cm³/mol. The van der Waals surface area contributed by atoms with E-state index in [1.807, 2.05) is 57.7 Å². The van der Waals surface area contributed by atoms with Crippen LogP contribution in [0.4, 0.5) is 10.5 Å². The van der Waals surface area contributed by atoms with Gasteiger partial charge >= 0.3 is 6.09 Å². The van der Waals surface area contributed by atoms with E-state index in [9.17, 15) is 9.90 Å². The van der Waals surface area contributed by atoms with Gasteiger partial charge in [0.1, 0.15) is 11.7 Å². The number of nitrogens with zero attached hydrogens (tertiary/aromatic N) is 2. The molecule has 2 fully saturated rings. The number of piperazine rings is 1. The summed E-state index contributed by atoms with van der Waals surface area (Å²) in [6, 6.07) is 7.79. The molecule has 0 bridgehead atoms. The van der Waals surface area contributed by atoms with Gasteiger partial charge in [-0.15, -0.1) is 0 Å². The first-order valence-electron chi connectivity index (χ1n) is 10.7. The van der Waals surface area contributed by atoms with Crippen LogP contribution in [0, 0.1) is 12.3 Å². The summed E-state index contributed by atoms with van der Waals surface area (Å²) in [6.45, 7) is 10.7. The van der Waals surface area contributed by atoms with Crippen LogP contribution in [-0.4, -0.2) is 77.4 Å². The third-order valence-electron chi connectivity index (χ3n) is 5.44. The minimum absolute atomic E-state index is 0.125. The van der Waals surface area contributed by atoms with Gasteiger partial charge in [-0.3, -0.25) is 0 Å². The summed E-state index contributed by atoms with van der Waals surface area (Å²) in [6.07, 6.45) is 0.648. The Hall–Kier alpha value is -2.58. The number of nitrogens with one attached hydrogen (secondary N) is 2. The molecule has 0 aliphatic carbocycles. The summed E-state index contributed by atoms with van der Waals surface area (Å²) < 4.78 is 11.3. The molecule has 1 amide bonds. The van der Waals surface area contributed by atoms with Gasteiger partial charge in [-0.1, -0.05) is 12.1 Å². The number of aliphatic hydroxyl groups excluding tert-OH is 1. The number of hydrogen-bond acceptors (Lipinski definition) is 7. The predicted octanol–water partition coefficient (Wildman–Crippen LogP) is 2.97. The molecule has 2 unspecified atom stereocenters. The number of aliphatic hydroxyl groups is 1. The van der Waals surface area contributed by atoms with Crippen molar-refractivity contribution in [1.82, 2.24) is 9.80 Å².